The maximum atomic E-state index is 13.5. The average molecular weight is 482 g/mol. The van der Waals surface area contributed by atoms with Crippen LogP contribution in [-0.4, -0.2) is 45.0 Å². The van der Waals surface area contributed by atoms with Gasteiger partial charge in [-0.15, -0.1) is 0 Å². The van der Waals surface area contributed by atoms with Crippen LogP contribution in [0.2, 0.25) is 0 Å². The first-order valence-corrected chi connectivity index (χ1v) is 12.0. The van der Waals surface area contributed by atoms with Crippen molar-refractivity contribution in [2.24, 2.45) is 0 Å². The third kappa shape index (κ3) is 3.84. The van der Waals surface area contributed by atoms with Crippen molar-refractivity contribution in [3.05, 3.63) is 57.3 Å². The van der Waals surface area contributed by atoms with E-state index in [0.717, 1.165) is 77.2 Å². The first kappa shape index (κ1) is 20.5. The van der Waals surface area contributed by atoms with Gasteiger partial charge in [-0.25, -0.2) is 9.50 Å². The summed E-state index contributed by atoms with van der Waals surface area (Å²) in [5.41, 5.74) is 4.74. The number of fused-ring (bicyclic) bond motifs is 1. The molecule has 1 atom stereocenters. The Morgan fingerprint density at radius 3 is 2.65 bits per heavy atom. The highest BCUT2D eigenvalue weighted by atomic mass is 79.9. The largest absolute Gasteiger partial charge is 0.356 e. The number of hydrogen-bond donors (Lipinski definition) is 0. The van der Waals surface area contributed by atoms with Crippen molar-refractivity contribution in [3.63, 3.8) is 0 Å². The van der Waals surface area contributed by atoms with E-state index in [9.17, 15) is 4.79 Å². The lowest BCUT2D eigenvalue weighted by atomic mass is 9.98. The van der Waals surface area contributed by atoms with Crippen molar-refractivity contribution in [1.29, 1.82) is 0 Å². The number of piperidine rings is 1. The molecule has 2 fully saturated rings. The Morgan fingerprint density at radius 2 is 1.84 bits per heavy atom. The number of nitrogens with zero attached hydrogens (tertiary/aromatic N) is 5. The number of carbonyl (C=O) groups is 1. The molecule has 0 spiro atoms. The third-order valence-electron chi connectivity index (χ3n) is 6.49. The molecule has 0 aliphatic carbocycles. The molecule has 0 N–H and O–H groups in total. The van der Waals surface area contributed by atoms with Crippen LogP contribution in [0.15, 0.2) is 34.9 Å². The second-order valence-corrected chi connectivity index (χ2v) is 9.66. The molecule has 2 aliphatic heterocycles. The van der Waals surface area contributed by atoms with Gasteiger partial charge in [-0.1, -0.05) is 11.6 Å². The quantitative estimate of drug-likeness (QED) is 0.523. The molecule has 7 heteroatoms. The Kier molecular flexibility index (Phi) is 5.46. The number of aromatic nitrogens is 3. The molecular weight excluding hydrogens is 454 g/mol. The number of benzene rings is 1. The predicted octanol–water partition coefficient (Wildman–Crippen LogP) is 5.08. The monoisotopic (exact) mass is 481 g/mol. The van der Waals surface area contributed by atoms with Crippen LogP contribution >= 0.6 is 15.9 Å². The van der Waals surface area contributed by atoms with Gasteiger partial charge in [0, 0.05) is 41.9 Å². The lowest BCUT2D eigenvalue weighted by Gasteiger charge is -2.35. The van der Waals surface area contributed by atoms with Gasteiger partial charge in [-0.3, -0.25) is 4.79 Å². The number of aryl methyl sites for hydroxylation is 2. The molecule has 2 saturated heterocycles. The topological polar surface area (TPSA) is 53.7 Å². The summed E-state index contributed by atoms with van der Waals surface area (Å²) in [5, 5.41) is 4.86. The summed E-state index contributed by atoms with van der Waals surface area (Å²) in [4.78, 5) is 22.8. The molecule has 1 amide bonds. The first-order chi connectivity index (χ1) is 15.0. The van der Waals surface area contributed by atoms with Crippen LogP contribution in [0.3, 0.4) is 0 Å². The van der Waals surface area contributed by atoms with Crippen molar-refractivity contribution >= 4 is 33.3 Å². The Morgan fingerprint density at radius 1 is 1.06 bits per heavy atom. The van der Waals surface area contributed by atoms with E-state index in [4.69, 9.17) is 10.1 Å². The van der Waals surface area contributed by atoms with Crippen LogP contribution < -0.4 is 4.90 Å². The fourth-order valence-corrected chi connectivity index (χ4v) is 5.29. The zero-order chi connectivity index (χ0) is 21.5. The van der Waals surface area contributed by atoms with Gasteiger partial charge >= 0.3 is 0 Å². The summed E-state index contributed by atoms with van der Waals surface area (Å²) in [5.74, 6) is 1.14. The maximum absolute atomic E-state index is 13.5. The van der Waals surface area contributed by atoms with Gasteiger partial charge in [-0.05, 0) is 74.0 Å². The summed E-state index contributed by atoms with van der Waals surface area (Å²) in [7, 11) is 0. The Balaban J connectivity index is 1.49. The molecule has 5 rings (SSSR count). The van der Waals surface area contributed by atoms with Gasteiger partial charge < -0.3 is 9.80 Å². The van der Waals surface area contributed by atoms with Crippen molar-refractivity contribution in [2.75, 3.05) is 24.5 Å². The second-order valence-electron chi connectivity index (χ2n) is 8.81. The second kappa shape index (κ2) is 8.26. The first-order valence-electron chi connectivity index (χ1n) is 11.2. The van der Waals surface area contributed by atoms with E-state index >= 15 is 0 Å². The molecule has 3 aromatic rings. The van der Waals surface area contributed by atoms with E-state index in [-0.39, 0.29) is 11.9 Å². The van der Waals surface area contributed by atoms with E-state index in [0.29, 0.717) is 0 Å². The zero-order valence-corrected chi connectivity index (χ0v) is 19.7. The Bertz CT molecular complexity index is 1130. The van der Waals surface area contributed by atoms with Crippen LogP contribution in [0, 0.1) is 13.8 Å². The molecule has 0 saturated carbocycles. The fraction of sp³-hybridized carbons (Fsp3) is 0.458. The van der Waals surface area contributed by atoms with Gasteiger partial charge in [0.05, 0.1) is 17.3 Å². The summed E-state index contributed by atoms with van der Waals surface area (Å²) in [6.45, 7) is 7.02. The van der Waals surface area contributed by atoms with Gasteiger partial charge in [0.2, 0.25) is 0 Å². The minimum absolute atomic E-state index is 0.0223. The summed E-state index contributed by atoms with van der Waals surface area (Å²) in [6, 6.07) is 7.99. The molecule has 0 bridgehead atoms. The molecule has 31 heavy (non-hydrogen) atoms. The maximum Gasteiger partial charge on any atom is 0.255 e. The lowest BCUT2D eigenvalue weighted by molar-refractivity contribution is 0.0604. The summed E-state index contributed by atoms with van der Waals surface area (Å²) in [6.07, 6.45) is 7.58. The number of carbonyl (C=O) groups excluding carboxylic acids is 1. The highest BCUT2D eigenvalue weighted by Gasteiger charge is 2.31. The average Bonchev–Trinajstić information content (AvgIpc) is 3.44. The van der Waals surface area contributed by atoms with Crippen LogP contribution in [0.4, 0.5) is 5.82 Å². The number of hydrogen-bond acceptors (Lipinski definition) is 4. The highest BCUT2D eigenvalue weighted by Crippen LogP contribution is 2.34. The highest BCUT2D eigenvalue weighted by molar-refractivity contribution is 9.10. The number of anilines is 1. The number of rotatable bonds is 3. The molecule has 6 nitrogen and oxygen atoms in total. The third-order valence-corrected chi connectivity index (χ3v) is 7.18. The van der Waals surface area contributed by atoms with E-state index in [2.05, 4.69) is 40.0 Å². The van der Waals surface area contributed by atoms with E-state index < -0.39 is 0 Å². The van der Waals surface area contributed by atoms with Crippen LogP contribution in [0.5, 0.6) is 0 Å². The van der Waals surface area contributed by atoms with Crippen molar-refractivity contribution in [3.8, 4) is 0 Å². The lowest BCUT2D eigenvalue weighted by Crippen LogP contribution is -2.38. The molecule has 162 valence electrons. The van der Waals surface area contributed by atoms with Crippen molar-refractivity contribution in [2.45, 2.75) is 52.0 Å². The number of amides is 1. The van der Waals surface area contributed by atoms with E-state index in [1.807, 2.05) is 34.5 Å². The van der Waals surface area contributed by atoms with Crippen molar-refractivity contribution in [1.82, 2.24) is 19.5 Å². The van der Waals surface area contributed by atoms with Gasteiger partial charge in [0.25, 0.3) is 5.91 Å². The molecule has 0 radical (unpaired) electrons. The Hall–Kier alpha value is -2.41. The Labute approximate surface area is 191 Å². The van der Waals surface area contributed by atoms with Crippen molar-refractivity contribution < 1.29 is 4.79 Å². The number of halogens is 1. The van der Waals surface area contributed by atoms with E-state index in [1.54, 1.807) is 0 Å². The molecular formula is C24H28BrN5O. The standard InChI is InChI=1S/C24H28BrN5O/c1-16-8-9-19(25)18(13-16)24(31)29-12-4-3-7-21(29)20-14-22-26-23(28-10-5-6-11-28)17(2)15-30(22)27-20/h8-9,13-15,21H,3-7,10-12H2,1-2H3. The van der Waals surface area contributed by atoms with Crippen LogP contribution in [0.1, 0.15) is 65.3 Å². The van der Waals surface area contributed by atoms with Gasteiger partial charge in [0.1, 0.15) is 5.82 Å². The zero-order valence-electron chi connectivity index (χ0n) is 18.1. The minimum atomic E-state index is -0.0223. The van der Waals surface area contributed by atoms with Gasteiger partial charge in [0.15, 0.2) is 5.65 Å². The molecule has 2 aliphatic rings. The number of likely N-dealkylation sites (tertiary alicyclic amines) is 1. The fourth-order valence-electron chi connectivity index (χ4n) is 4.87. The SMILES string of the molecule is Cc1ccc(Br)c(C(=O)N2CCCCC2c2cc3nc(N4CCCC4)c(C)cn3n2)c1. The normalized spacial score (nSPS) is 19.4. The van der Waals surface area contributed by atoms with Gasteiger partial charge in [-0.2, -0.15) is 5.10 Å². The summed E-state index contributed by atoms with van der Waals surface area (Å²) < 4.78 is 2.72. The molecule has 2 aromatic heterocycles. The predicted molar refractivity (Wildman–Crippen MR) is 126 cm³/mol. The molecule has 4 heterocycles. The van der Waals surface area contributed by atoms with Crippen LogP contribution in [-0.2, 0) is 0 Å². The smallest absolute Gasteiger partial charge is 0.255 e. The van der Waals surface area contributed by atoms with E-state index in [1.165, 1.54) is 12.8 Å². The van der Waals surface area contributed by atoms with Crippen LogP contribution in [0.25, 0.3) is 5.65 Å². The molecule has 1 aromatic carbocycles. The minimum Gasteiger partial charge on any atom is -0.356 e. The molecule has 1 unspecified atom stereocenters. The summed E-state index contributed by atoms with van der Waals surface area (Å²) >= 11 is 3.57.